The number of thioether (sulfide) groups is 2. The third kappa shape index (κ3) is 3.25. The molecule has 0 amide bonds. The van der Waals surface area contributed by atoms with E-state index in [2.05, 4.69) is 56.5 Å². The van der Waals surface area contributed by atoms with Crippen LogP contribution in [0.2, 0.25) is 0 Å². The van der Waals surface area contributed by atoms with Crippen LogP contribution in [0.4, 0.5) is 0 Å². The van der Waals surface area contributed by atoms with Crippen LogP contribution in [0.3, 0.4) is 0 Å². The molecule has 2 aliphatic heterocycles. The maximum Gasteiger partial charge on any atom is 0.142 e. The highest BCUT2D eigenvalue weighted by Crippen LogP contribution is 2.43. The summed E-state index contributed by atoms with van der Waals surface area (Å²) in [5.74, 6) is 2.69. The summed E-state index contributed by atoms with van der Waals surface area (Å²) in [7, 11) is 0. The molecule has 0 aromatic carbocycles. The number of hydrogen-bond donors (Lipinski definition) is 1. The molecule has 3 unspecified atom stereocenters. The Kier molecular flexibility index (Phi) is 4.81. The van der Waals surface area contributed by atoms with Crippen molar-refractivity contribution in [2.75, 3.05) is 12.3 Å². The zero-order valence-corrected chi connectivity index (χ0v) is 15.0. The van der Waals surface area contributed by atoms with Gasteiger partial charge in [-0.25, -0.2) is 9.97 Å². The summed E-state index contributed by atoms with van der Waals surface area (Å²) in [6.45, 7) is 11.1. The molecule has 1 aromatic rings. The van der Waals surface area contributed by atoms with Gasteiger partial charge in [0.25, 0.3) is 0 Å². The highest BCUT2D eigenvalue weighted by molar-refractivity contribution is 8.07. The lowest BCUT2D eigenvalue weighted by molar-refractivity contribution is 0.599. The van der Waals surface area contributed by atoms with E-state index in [4.69, 9.17) is 9.97 Å². The normalized spacial score (nSPS) is 29.5. The molecule has 5 heteroatoms. The van der Waals surface area contributed by atoms with Crippen LogP contribution in [0.25, 0.3) is 0 Å². The van der Waals surface area contributed by atoms with Crippen molar-refractivity contribution < 1.29 is 0 Å². The molecule has 3 nitrogen and oxygen atoms in total. The maximum atomic E-state index is 5.00. The summed E-state index contributed by atoms with van der Waals surface area (Å²) >= 11 is 4.12. The molecule has 1 saturated heterocycles. The van der Waals surface area contributed by atoms with Crippen molar-refractivity contribution >= 4 is 23.5 Å². The second-order valence-electron chi connectivity index (χ2n) is 6.34. The minimum Gasteiger partial charge on any atom is -0.311 e. The van der Waals surface area contributed by atoms with Gasteiger partial charge in [-0.05, 0) is 24.4 Å². The quantitative estimate of drug-likeness (QED) is 0.901. The molecule has 1 aromatic heterocycles. The minimum absolute atomic E-state index is 0.450. The van der Waals surface area contributed by atoms with Gasteiger partial charge in [-0.2, -0.15) is 11.8 Å². The average molecular weight is 324 g/mol. The third-order valence-corrected chi connectivity index (χ3v) is 7.76. The van der Waals surface area contributed by atoms with Crippen molar-refractivity contribution in [1.29, 1.82) is 0 Å². The molecule has 2 aliphatic rings. The molecule has 0 bridgehead atoms. The van der Waals surface area contributed by atoms with Crippen LogP contribution in [0.15, 0.2) is 0 Å². The molecule has 3 atom stereocenters. The Morgan fingerprint density at radius 1 is 1.19 bits per heavy atom. The third-order valence-electron chi connectivity index (χ3n) is 4.37. The summed E-state index contributed by atoms with van der Waals surface area (Å²) in [5, 5.41) is 5.31. The Labute approximate surface area is 136 Å². The molecule has 3 rings (SSSR count). The number of nitrogens with one attached hydrogen (secondary N) is 1. The number of aromatic nitrogens is 2. The first kappa shape index (κ1) is 15.6. The Balaban J connectivity index is 1.94. The van der Waals surface area contributed by atoms with E-state index >= 15 is 0 Å². The van der Waals surface area contributed by atoms with E-state index in [1.54, 1.807) is 0 Å². The van der Waals surface area contributed by atoms with Gasteiger partial charge in [-0.3, -0.25) is 0 Å². The molecule has 116 valence electrons. The molecule has 1 N–H and O–H groups in total. The second-order valence-corrected chi connectivity index (χ2v) is 9.34. The van der Waals surface area contributed by atoms with Crippen molar-refractivity contribution in [1.82, 2.24) is 15.3 Å². The molecular formula is C16H25N3S2. The number of rotatable bonds is 2. The van der Waals surface area contributed by atoms with Gasteiger partial charge in [0, 0.05) is 22.8 Å². The van der Waals surface area contributed by atoms with Crippen molar-refractivity contribution in [2.24, 2.45) is 0 Å². The molecule has 0 saturated carbocycles. The first-order valence-corrected chi connectivity index (χ1v) is 9.92. The van der Waals surface area contributed by atoms with Gasteiger partial charge < -0.3 is 5.32 Å². The fourth-order valence-electron chi connectivity index (χ4n) is 2.95. The van der Waals surface area contributed by atoms with E-state index in [1.807, 2.05) is 0 Å². The lowest BCUT2D eigenvalue weighted by atomic mass is 9.97. The summed E-state index contributed by atoms with van der Waals surface area (Å²) < 4.78 is 0. The second kappa shape index (κ2) is 6.47. The Morgan fingerprint density at radius 3 is 2.71 bits per heavy atom. The average Bonchev–Trinajstić information content (AvgIpc) is 2.48. The van der Waals surface area contributed by atoms with Crippen LogP contribution >= 0.6 is 23.5 Å². The largest absolute Gasteiger partial charge is 0.311 e. The number of hydrogen-bond acceptors (Lipinski definition) is 5. The van der Waals surface area contributed by atoms with Gasteiger partial charge in [0.2, 0.25) is 0 Å². The topological polar surface area (TPSA) is 37.8 Å². The van der Waals surface area contributed by atoms with Gasteiger partial charge in [-0.1, -0.05) is 27.7 Å². The van der Waals surface area contributed by atoms with Gasteiger partial charge in [0.15, 0.2) is 0 Å². The number of nitrogens with zero attached hydrogens (tertiary/aromatic N) is 2. The number of fused-ring (bicyclic) bond motifs is 1. The highest BCUT2D eigenvalue weighted by atomic mass is 32.2. The van der Waals surface area contributed by atoms with Crippen molar-refractivity contribution in [3.63, 3.8) is 0 Å². The molecular weight excluding hydrogens is 298 g/mol. The van der Waals surface area contributed by atoms with Crippen LogP contribution in [0.5, 0.6) is 0 Å². The summed E-state index contributed by atoms with van der Waals surface area (Å²) in [6, 6.07) is 0. The fourth-order valence-corrected chi connectivity index (χ4v) is 5.79. The van der Waals surface area contributed by atoms with Crippen LogP contribution in [0.1, 0.15) is 61.6 Å². The summed E-state index contributed by atoms with van der Waals surface area (Å²) in [5.41, 5.74) is 3.93. The summed E-state index contributed by atoms with van der Waals surface area (Å²) in [6.07, 6.45) is 1.07. The highest BCUT2D eigenvalue weighted by Gasteiger charge is 2.30. The van der Waals surface area contributed by atoms with E-state index in [9.17, 15) is 0 Å². The molecule has 3 heterocycles. The Bertz CT molecular complexity index is 518. The zero-order chi connectivity index (χ0) is 15.0. The monoisotopic (exact) mass is 323 g/mol. The SMILES string of the molecule is CC(C)c1nc(C2CSC(C)C(C)S2)nc2c1CCNC2. The van der Waals surface area contributed by atoms with E-state index in [0.717, 1.165) is 36.3 Å². The fraction of sp³-hybridized carbons (Fsp3) is 0.750. The van der Waals surface area contributed by atoms with Crippen LogP contribution in [0, 0.1) is 0 Å². The predicted molar refractivity (Wildman–Crippen MR) is 93.2 cm³/mol. The first-order chi connectivity index (χ1) is 10.1. The van der Waals surface area contributed by atoms with E-state index in [1.165, 1.54) is 17.0 Å². The van der Waals surface area contributed by atoms with Gasteiger partial charge in [0.1, 0.15) is 5.82 Å². The lowest BCUT2D eigenvalue weighted by Crippen LogP contribution is -2.29. The lowest BCUT2D eigenvalue weighted by Gasteiger charge is -2.31. The smallest absolute Gasteiger partial charge is 0.142 e. The van der Waals surface area contributed by atoms with Crippen molar-refractivity contribution in [2.45, 2.75) is 62.3 Å². The van der Waals surface area contributed by atoms with Crippen molar-refractivity contribution in [3.05, 3.63) is 22.8 Å². The molecule has 0 radical (unpaired) electrons. The molecule has 21 heavy (non-hydrogen) atoms. The minimum atomic E-state index is 0.450. The van der Waals surface area contributed by atoms with Crippen LogP contribution in [-0.2, 0) is 13.0 Å². The summed E-state index contributed by atoms with van der Waals surface area (Å²) in [4.78, 5) is 9.93. The van der Waals surface area contributed by atoms with E-state index in [-0.39, 0.29) is 0 Å². The molecule has 0 spiro atoms. The predicted octanol–water partition coefficient (Wildman–Crippen LogP) is 3.54. The van der Waals surface area contributed by atoms with Crippen LogP contribution in [-0.4, -0.2) is 32.8 Å². The van der Waals surface area contributed by atoms with Gasteiger partial charge in [0.05, 0.1) is 16.6 Å². The standard InChI is InChI=1S/C16H25N3S2/c1-9(2)15-12-5-6-17-7-13(12)18-16(19-15)14-8-20-10(3)11(4)21-14/h9-11,14,17H,5-8H2,1-4H3. The van der Waals surface area contributed by atoms with Gasteiger partial charge in [-0.15, -0.1) is 11.8 Å². The Hall–Kier alpha value is -0.260. The molecule has 0 aliphatic carbocycles. The first-order valence-electron chi connectivity index (χ1n) is 7.93. The maximum absolute atomic E-state index is 5.00. The Morgan fingerprint density at radius 2 is 2.00 bits per heavy atom. The van der Waals surface area contributed by atoms with E-state index < -0.39 is 0 Å². The van der Waals surface area contributed by atoms with Crippen LogP contribution < -0.4 is 5.32 Å². The zero-order valence-electron chi connectivity index (χ0n) is 13.3. The van der Waals surface area contributed by atoms with Crippen molar-refractivity contribution in [3.8, 4) is 0 Å². The molecule has 1 fully saturated rings. The van der Waals surface area contributed by atoms with E-state index in [0.29, 0.717) is 16.4 Å². The van der Waals surface area contributed by atoms with Gasteiger partial charge >= 0.3 is 0 Å².